The Morgan fingerprint density at radius 1 is 0.824 bits per heavy atom. The Bertz CT molecular complexity index is 3170. The fourth-order valence-electron chi connectivity index (χ4n) is 12.2. The number of nitrogens with one attached hydrogen (secondary N) is 4. The summed E-state index contributed by atoms with van der Waals surface area (Å²) in [4.78, 5) is 79.4. The number of rotatable bonds is 12. The van der Waals surface area contributed by atoms with Gasteiger partial charge in [-0.15, -0.1) is 11.3 Å². The maximum absolute atomic E-state index is 17.0. The molecule has 4 aliphatic heterocycles. The molecule has 388 valence electrons. The third-order valence-electron chi connectivity index (χ3n) is 16.0. The molecule has 0 radical (unpaired) electrons. The molecular formula is C54H61FN10O8S. The van der Waals surface area contributed by atoms with E-state index in [1.807, 2.05) is 63.1 Å². The summed E-state index contributed by atoms with van der Waals surface area (Å²) in [5, 5.41) is 7.53. The summed E-state index contributed by atoms with van der Waals surface area (Å²) in [6.45, 7) is 8.26. The number of aromatic amines is 2. The molecule has 10 atom stereocenters. The molecule has 2 saturated carbocycles. The highest BCUT2D eigenvalue weighted by Crippen LogP contribution is 2.54. The lowest BCUT2D eigenvalue weighted by Gasteiger charge is -2.38. The first-order chi connectivity index (χ1) is 35.7. The minimum Gasteiger partial charge on any atom is -0.464 e. The van der Waals surface area contributed by atoms with Crippen molar-refractivity contribution in [2.24, 2.45) is 17.8 Å². The zero-order valence-corrected chi connectivity index (χ0v) is 43.0. The summed E-state index contributed by atoms with van der Waals surface area (Å²) in [6, 6.07) is 9.35. The van der Waals surface area contributed by atoms with Gasteiger partial charge in [0.25, 0.3) is 0 Å². The summed E-state index contributed by atoms with van der Waals surface area (Å²) in [6.07, 6.45) is 9.92. The largest absolute Gasteiger partial charge is 0.464 e. The van der Waals surface area contributed by atoms with Crippen LogP contribution in [0.15, 0.2) is 55.0 Å². The van der Waals surface area contributed by atoms with Gasteiger partial charge in [0.15, 0.2) is 0 Å². The fourth-order valence-corrected chi connectivity index (χ4v) is 13.3. The number of amides is 4. The number of fused-ring (bicyclic) bond motifs is 6. The SMILES string of the molecule is COC(=O)NC(C(=O)N1[C@@H]2C[C@@H]2C[C@H]1c1ncc(-c2ccc3c(c2)cc2n3C(c3cnc(C4CC4)s3)Oc3cc(-c4cnc([C@@H]5CCCN5C(=O)[C@@H](NC(=O)OC)C(C)C)[nH]4)cc(F)c3-2)[nH]1)C1C[C@@H](C)O[C@@H](C)C1. The molecule has 74 heavy (non-hydrogen) atoms. The number of imidazole rings is 2. The first-order valence-electron chi connectivity index (χ1n) is 25.9. The van der Waals surface area contributed by atoms with Crippen LogP contribution in [-0.4, -0.2) is 114 Å². The van der Waals surface area contributed by atoms with E-state index in [4.69, 9.17) is 33.9 Å². The topological polar surface area (TPSA) is 211 Å². The van der Waals surface area contributed by atoms with Gasteiger partial charge in [-0.25, -0.2) is 28.9 Å². The average molecular weight is 1030 g/mol. The highest BCUT2D eigenvalue weighted by Gasteiger charge is 2.57. The maximum Gasteiger partial charge on any atom is 0.407 e. The number of thiazole rings is 1. The first-order valence-corrected chi connectivity index (χ1v) is 26.8. The van der Waals surface area contributed by atoms with Gasteiger partial charge < -0.3 is 49.3 Å². The molecule has 4 aromatic heterocycles. The second-order valence-electron chi connectivity index (χ2n) is 21.4. The molecule has 3 unspecified atom stereocenters. The lowest BCUT2D eigenvalue weighted by molar-refractivity contribution is -0.140. The third kappa shape index (κ3) is 8.66. The van der Waals surface area contributed by atoms with E-state index in [0.29, 0.717) is 77.6 Å². The number of aromatic nitrogens is 6. The molecule has 12 rings (SSSR count). The summed E-state index contributed by atoms with van der Waals surface area (Å²) < 4.78 is 41.8. The van der Waals surface area contributed by atoms with Crippen molar-refractivity contribution in [1.82, 2.24) is 49.9 Å². The Kier molecular flexibility index (Phi) is 12.3. The van der Waals surface area contributed by atoms with Crippen molar-refractivity contribution in [2.45, 2.75) is 134 Å². The van der Waals surface area contributed by atoms with Gasteiger partial charge in [-0.1, -0.05) is 19.9 Å². The zero-order chi connectivity index (χ0) is 51.3. The second kappa shape index (κ2) is 18.8. The van der Waals surface area contributed by atoms with Crippen molar-refractivity contribution in [2.75, 3.05) is 20.8 Å². The number of methoxy groups -OCH3 is 2. The molecule has 20 heteroatoms. The monoisotopic (exact) mass is 1030 g/mol. The van der Waals surface area contributed by atoms with Crippen LogP contribution < -0.4 is 15.4 Å². The standard InChI is InChI=1S/C54H61FN10O8S/c1-25(2)45(61-53(68)70-5)50(66)63-13-7-8-38(63)47-56-23-36(60-47)30-17-34(55)44-40-19-31-16-29(11-12-37(31)65(40)52(73-42(44)21-30)43-24-58-49(74-43)28-9-10-28)35-22-57-48(59-35)41-20-32-18-39(32)64(41)51(67)46(62-54(69)71-6)33-14-26(3)72-27(4)15-33/h11-12,16-17,19,21-28,32-33,38-39,41,45-46,52H,7-10,13-15,18,20H2,1-6H3,(H,56,60)(H,57,59)(H,61,68)(H,62,69)/t26-,27+,32-,33?,38+,39-,41+,45+,46?,52?/m1/s1. The Labute approximate surface area is 431 Å². The van der Waals surface area contributed by atoms with E-state index in [1.165, 1.54) is 20.3 Å². The molecule has 4 N–H and O–H groups in total. The molecule has 6 aliphatic rings. The number of alkyl carbamates (subject to hydrolysis) is 2. The van der Waals surface area contributed by atoms with Gasteiger partial charge in [0.1, 0.15) is 35.3 Å². The number of hydrogen-bond acceptors (Lipinski definition) is 12. The summed E-state index contributed by atoms with van der Waals surface area (Å²) in [5.41, 5.74) is 4.60. The van der Waals surface area contributed by atoms with E-state index < -0.39 is 36.3 Å². The molecule has 8 heterocycles. The Hall–Kier alpha value is -6.80. The number of benzene rings is 2. The molecule has 2 aromatic carbocycles. The number of likely N-dealkylation sites (tertiary alicyclic amines) is 2. The number of H-pyrrole nitrogens is 2. The zero-order valence-electron chi connectivity index (χ0n) is 42.2. The smallest absolute Gasteiger partial charge is 0.407 e. The Morgan fingerprint density at radius 3 is 2.26 bits per heavy atom. The van der Waals surface area contributed by atoms with Crippen molar-refractivity contribution >= 4 is 46.2 Å². The van der Waals surface area contributed by atoms with Gasteiger partial charge in [0.2, 0.25) is 18.0 Å². The van der Waals surface area contributed by atoms with Crippen molar-refractivity contribution in [3.05, 3.63) is 82.3 Å². The van der Waals surface area contributed by atoms with Gasteiger partial charge in [0.05, 0.1) is 89.0 Å². The number of carbonyl (C=O) groups excluding carboxylic acids is 4. The Balaban J connectivity index is 0.849. The average Bonchev–Trinajstić information content (AvgIpc) is 3.86. The van der Waals surface area contributed by atoms with Crippen LogP contribution in [-0.2, 0) is 23.8 Å². The van der Waals surface area contributed by atoms with E-state index in [-0.39, 0.29) is 54.0 Å². The molecule has 2 aliphatic carbocycles. The van der Waals surface area contributed by atoms with Crippen molar-refractivity contribution in [3.8, 4) is 39.5 Å². The van der Waals surface area contributed by atoms with Gasteiger partial charge in [-0.3, -0.25) is 14.2 Å². The van der Waals surface area contributed by atoms with Crippen molar-refractivity contribution in [1.29, 1.82) is 0 Å². The minimum absolute atomic E-state index is 0.0487. The van der Waals surface area contributed by atoms with Gasteiger partial charge in [0, 0.05) is 41.2 Å². The predicted molar refractivity (Wildman–Crippen MR) is 271 cm³/mol. The maximum atomic E-state index is 17.0. The van der Waals surface area contributed by atoms with Crippen LogP contribution in [0.5, 0.6) is 5.75 Å². The quantitative estimate of drug-likeness (QED) is 0.0908. The molecular weight excluding hydrogens is 968 g/mol. The van der Waals surface area contributed by atoms with Crippen molar-refractivity contribution < 1.29 is 42.5 Å². The third-order valence-corrected chi connectivity index (χ3v) is 17.2. The normalized spacial score (nSPS) is 25.7. The molecule has 6 aromatic rings. The van der Waals surface area contributed by atoms with Crippen LogP contribution >= 0.6 is 11.3 Å². The number of piperidine rings is 1. The van der Waals surface area contributed by atoms with Crippen LogP contribution in [0.2, 0.25) is 0 Å². The van der Waals surface area contributed by atoms with Crippen LogP contribution in [0.4, 0.5) is 14.0 Å². The fraction of sp³-hybridized carbons (Fsp3) is 0.500. The summed E-state index contributed by atoms with van der Waals surface area (Å²) >= 11 is 1.62. The summed E-state index contributed by atoms with van der Waals surface area (Å²) in [7, 11) is 2.58. The molecule has 5 fully saturated rings. The van der Waals surface area contributed by atoms with Crippen LogP contribution in [0.25, 0.3) is 44.7 Å². The van der Waals surface area contributed by atoms with E-state index in [0.717, 1.165) is 64.1 Å². The molecule has 0 bridgehead atoms. The molecule has 0 spiro atoms. The highest BCUT2D eigenvalue weighted by atomic mass is 32.1. The number of halogens is 1. The highest BCUT2D eigenvalue weighted by molar-refractivity contribution is 7.11. The van der Waals surface area contributed by atoms with E-state index in [1.54, 1.807) is 28.6 Å². The number of nitrogens with zero attached hydrogens (tertiary/aromatic N) is 6. The molecule has 3 saturated heterocycles. The summed E-state index contributed by atoms with van der Waals surface area (Å²) in [5.74, 6) is 1.33. The number of carbonyl (C=O) groups is 4. The van der Waals surface area contributed by atoms with Gasteiger partial charge in [-0.2, -0.15) is 0 Å². The van der Waals surface area contributed by atoms with E-state index in [2.05, 4.69) is 31.2 Å². The second-order valence-corrected chi connectivity index (χ2v) is 22.5. The van der Waals surface area contributed by atoms with Crippen molar-refractivity contribution in [3.63, 3.8) is 0 Å². The lowest BCUT2D eigenvalue weighted by Crippen LogP contribution is -2.55. The molecule has 18 nitrogen and oxygen atoms in total. The van der Waals surface area contributed by atoms with Crippen LogP contribution in [0.1, 0.15) is 125 Å². The first kappa shape index (κ1) is 48.2. The predicted octanol–water partition coefficient (Wildman–Crippen LogP) is 9.14. The molecule has 4 amide bonds. The minimum atomic E-state index is -0.775. The number of hydrogen-bond donors (Lipinski definition) is 4. The van der Waals surface area contributed by atoms with E-state index in [9.17, 15) is 19.2 Å². The number of ether oxygens (including phenoxy) is 4. The van der Waals surface area contributed by atoms with Crippen LogP contribution in [0.3, 0.4) is 0 Å². The van der Waals surface area contributed by atoms with Gasteiger partial charge >= 0.3 is 12.2 Å². The van der Waals surface area contributed by atoms with Crippen LogP contribution in [0, 0.1) is 23.6 Å². The van der Waals surface area contributed by atoms with Gasteiger partial charge in [-0.05, 0) is 113 Å². The Morgan fingerprint density at radius 2 is 1.54 bits per heavy atom. The van der Waals surface area contributed by atoms with E-state index >= 15 is 4.39 Å². The lowest BCUT2D eigenvalue weighted by atomic mass is 9.85.